The molecular formula is C18H16N6. The average Bonchev–Trinajstić information content (AvgIpc) is 3.10. The highest BCUT2D eigenvalue weighted by Gasteiger charge is 2.13. The number of nitrogens with zero attached hydrogens (tertiary/aromatic N) is 4. The Balaban J connectivity index is 1.85. The van der Waals surface area contributed by atoms with Gasteiger partial charge in [0.25, 0.3) is 0 Å². The minimum absolute atomic E-state index is 0.795. The molecule has 0 fully saturated rings. The maximum Gasteiger partial charge on any atom is 0.120 e. The van der Waals surface area contributed by atoms with Gasteiger partial charge in [-0.1, -0.05) is 6.07 Å². The summed E-state index contributed by atoms with van der Waals surface area (Å²) in [5.74, 6) is 0. The van der Waals surface area contributed by atoms with Crippen molar-refractivity contribution in [2.75, 3.05) is 12.4 Å². The molecular weight excluding hydrogens is 300 g/mol. The first-order chi connectivity index (χ1) is 11.7. The summed E-state index contributed by atoms with van der Waals surface area (Å²) in [4.78, 5) is 13.7. The van der Waals surface area contributed by atoms with E-state index in [1.165, 1.54) is 0 Å². The zero-order chi connectivity index (χ0) is 16.5. The van der Waals surface area contributed by atoms with Crippen LogP contribution in [0.4, 0.5) is 5.69 Å². The highest BCUT2D eigenvalue weighted by molar-refractivity contribution is 5.83. The van der Waals surface area contributed by atoms with Crippen molar-refractivity contribution in [2.24, 2.45) is 0 Å². The van der Waals surface area contributed by atoms with Crippen molar-refractivity contribution in [1.82, 2.24) is 25.1 Å². The Hall–Kier alpha value is -3.28. The van der Waals surface area contributed by atoms with Gasteiger partial charge in [0.15, 0.2) is 0 Å². The first kappa shape index (κ1) is 14.3. The maximum absolute atomic E-state index is 4.74. The number of anilines is 1. The Bertz CT molecular complexity index is 1020. The smallest absolute Gasteiger partial charge is 0.120 e. The van der Waals surface area contributed by atoms with Crippen LogP contribution in [0, 0.1) is 6.92 Å². The van der Waals surface area contributed by atoms with E-state index in [1.54, 1.807) is 6.20 Å². The predicted molar refractivity (Wildman–Crippen MR) is 94.6 cm³/mol. The second kappa shape index (κ2) is 5.73. The van der Waals surface area contributed by atoms with Crippen molar-refractivity contribution < 1.29 is 0 Å². The lowest BCUT2D eigenvalue weighted by Crippen LogP contribution is -1.93. The Morgan fingerprint density at radius 3 is 2.75 bits per heavy atom. The number of hydrogen-bond donors (Lipinski definition) is 2. The number of aromatic nitrogens is 5. The van der Waals surface area contributed by atoms with Crippen molar-refractivity contribution in [3.8, 4) is 22.6 Å². The molecule has 0 aromatic carbocycles. The molecule has 4 rings (SSSR count). The maximum atomic E-state index is 4.74. The number of pyridine rings is 3. The van der Waals surface area contributed by atoms with Crippen molar-refractivity contribution in [2.45, 2.75) is 6.92 Å². The number of fused-ring (bicyclic) bond motifs is 1. The van der Waals surface area contributed by atoms with Gasteiger partial charge in [-0.2, -0.15) is 5.10 Å². The number of aromatic amines is 1. The molecule has 0 radical (unpaired) electrons. The molecule has 0 bridgehead atoms. The summed E-state index contributed by atoms with van der Waals surface area (Å²) in [6.07, 6.45) is 3.65. The van der Waals surface area contributed by atoms with Gasteiger partial charge in [0.1, 0.15) is 5.69 Å². The van der Waals surface area contributed by atoms with E-state index in [2.05, 4.69) is 25.5 Å². The molecule has 0 amide bonds. The van der Waals surface area contributed by atoms with Gasteiger partial charge < -0.3 is 5.32 Å². The van der Waals surface area contributed by atoms with Crippen LogP contribution in [0.2, 0.25) is 0 Å². The van der Waals surface area contributed by atoms with Crippen LogP contribution < -0.4 is 5.32 Å². The molecule has 0 saturated heterocycles. The summed E-state index contributed by atoms with van der Waals surface area (Å²) in [5.41, 5.74) is 6.96. The van der Waals surface area contributed by atoms with Crippen LogP contribution in [0.5, 0.6) is 0 Å². The fourth-order valence-electron chi connectivity index (χ4n) is 2.65. The Kier molecular flexibility index (Phi) is 3.42. The average molecular weight is 316 g/mol. The van der Waals surface area contributed by atoms with E-state index in [0.717, 1.165) is 45.1 Å². The largest absolute Gasteiger partial charge is 0.387 e. The van der Waals surface area contributed by atoms with E-state index in [0.29, 0.717) is 0 Å². The Morgan fingerprint density at radius 1 is 1.00 bits per heavy atom. The van der Waals surface area contributed by atoms with Gasteiger partial charge in [-0.3, -0.25) is 15.1 Å². The van der Waals surface area contributed by atoms with Crippen molar-refractivity contribution >= 4 is 16.7 Å². The molecule has 4 heterocycles. The van der Waals surface area contributed by atoms with Crippen LogP contribution in [0.3, 0.4) is 0 Å². The third-order valence-corrected chi connectivity index (χ3v) is 3.87. The molecule has 0 atom stereocenters. The fraction of sp³-hybridized carbons (Fsp3) is 0.111. The van der Waals surface area contributed by atoms with E-state index >= 15 is 0 Å². The van der Waals surface area contributed by atoms with Crippen LogP contribution in [0.1, 0.15) is 5.69 Å². The second-order valence-electron chi connectivity index (χ2n) is 5.52. The van der Waals surface area contributed by atoms with Crippen LogP contribution >= 0.6 is 0 Å². The Labute approximate surface area is 139 Å². The lowest BCUT2D eigenvalue weighted by atomic mass is 10.1. The number of aryl methyl sites for hydroxylation is 1. The van der Waals surface area contributed by atoms with Crippen molar-refractivity contribution in [1.29, 1.82) is 0 Å². The fourth-order valence-corrected chi connectivity index (χ4v) is 2.65. The van der Waals surface area contributed by atoms with Gasteiger partial charge >= 0.3 is 0 Å². The molecule has 0 unspecified atom stereocenters. The second-order valence-corrected chi connectivity index (χ2v) is 5.52. The highest BCUT2D eigenvalue weighted by Crippen LogP contribution is 2.29. The molecule has 4 aromatic rings. The van der Waals surface area contributed by atoms with Gasteiger partial charge in [-0.05, 0) is 37.3 Å². The number of hydrogen-bond acceptors (Lipinski definition) is 5. The first-order valence-corrected chi connectivity index (χ1v) is 7.67. The summed E-state index contributed by atoms with van der Waals surface area (Å²) in [6.45, 7) is 1.97. The van der Waals surface area contributed by atoms with E-state index in [9.17, 15) is 0 Å². The van der Waals surface area contributed by atoms with Crippen LogP contribution in [0.15, 0.2) is 48.8 Å². The zero-order valence-electron chi connectivity index (χ0n) is 13.4. The lowest BCUT2D eigenvalue weighted by molar-refractivity contribution is 1.08. The van der Waals surface area contributed by atoms with Crippen molar-refractivity contribution in [3.05, 3.63) is 54.5 Å². The SMILES string of the molecule is CNc1cnc2ccc(-c3c[nH]nc3-c3cccc(C)n3)nc2c1. The first-order valence-electron chi connectivity index (χ1n) is 7.67. The number of rotatable bonds is 3. The summed E-state index contributed by atoms with van der Waals surface area (Å²) in [6, 6.07) is 11.8. The van der Waals surface area contributed by atoms with Gasteiger partial charge in [-0.25, -0.2) is 4.98 Å². The standard InChI is InChI=1S/C18H16N6/c1-11-4-3-5-16(22-11)18-13(10-21-24-18)14-6-7-15-17(23-14)8-12(19-2)9-20-15/h3-10,19H,1-2H3,(H,21,24). The van der Waals surface area contributed by atoms with Gasteiger partial charge in [-0.15, -0.1) is 0 Å². The van der Waals surface area contributed by atoms with Crippen LogP contribution in [-0.2, 0) is 0 Å². The molecule has 0 aliphatic heterocycles. The zero-order valence-corrected chi connectivity index (χ0v) is 13.4. The Morgan fingerprint density at radius 2 is 1.92 bits per heavy atom. The minimum atomic E-state index is 0.795. The van der Waals surface area contributed by atoms with E-state index in [-0.39, 0.29) is 0 Å². The van der Waals surface area contributed by atoms with Crippen molar-refractivity contribution in [3.63, 3.8) is 0 Å². The molecule has 6 nitrogen and oxygen atoms in total. The third-order valence-electron chi connectivity index (χ3n) is 3.87. The lowest BCUT2D eigenvalue weighted by Gasteiger charge is -2.05. The summed E-state index contributed by atoms with van der Waals surface area (Å²) in [5, 5.41) is 10.4. The normalized spacial score (nSPS) is 10.9. The van der Waals surface area contributed by atoms with E-state index in [4.69, 9.17) is 4.98 Å². The van der Waals surface area contributed by atoms with Crippen LogP contribution in [0.25, 0.3) is 33.7 Å². The van der Waals surface area contributed by atoms with E-state index < -0.39 is 0 Å². The van der Waals surface area contributed by atoms with E-state index in [1.807, 2.05) is 56.6 Å². The molecule has 0 aliphatic carbocycles. The topological polar surface area (TPSA) is 79.4 Å². The van der Waals surface area contributed by atoms with Gasteiger partial charge in [0.05, 0.1) is 34.3 Å². The predicted octanol–water partition coefficient (Wildman–Crippen LogP) is 3.43. The third kappa shape index (κ3) is 2.48. The van der Waals surface area contributed by atoms with Gasteiger partial charge in [0.2, 0.25) is 0 Å². The number of H-pyrrole nitrogens is 1. The monoisotopic (exact) mass is 316 g/mol. The molecule has 118 valence electrons. The molecule has 0 spiro atoms. The molecule has 0 saturated carbocycles. The summed E-state index contributed by atoms with van der Waals surface area (Å²) >= 11 is 0. The summed E-state index contributed by atoms with van der Waals surface area (Å²) < 4.78 is 0. The van der Waals surface area contributed by atoms with Crippen LogP contribution in [-0.4, -0.2) is 32.2 Å². The molecule has 4 aromatic heterocycles. The quantitative estimate of drug-likeness (QED) is 0.605. The molecule has 2 N–H and O–H groups in total. The highest BCUT2D eigenvalue weighted by atomic mass is 15.1. The summed E-state index contributed by atoms with van der Waals surface area (Å²) in [7, 11) is 1.87. The molecule has 6 heteroatoms. The number of nitrogens with one attached hydrogen (secondary N) is 2. The minimum Gasteiger partial charge on any atom is -0.387 e. The van der Waals surface area contributed by atoms with Gasteiger partial charge in [0, 0.05) is 24.5 Å². The molecule has 24 heavy (non-hydrogen) atoms. The molecule has 0 aliphatic rings.